The molecule has 0 aliphatic carbocycles. The summed E-state index contributed by atoms with van der Waals surface area (Å²) in [4.78, 5) is 2.48. The number of nitrogens with zero attached hydrogens (tertiary/aromatic N) is 4. The first-order valence-electron chi connectivity index (χ1n) is 5.45. The van der Waals surface area contributed by atoms with E-state index in [4.69, 9.17) is 0 Å². The summed E-state index contributed by atoms with van der Waals surface area (Å²) >= 11 is 0. The van der Waals surface area contributed by atoms with E-state index in [1.54, 1.807) is 0 Å². The summed E-state index contributed by atoms with van der Waals surface area (Å²) in [5, 5.41) is 8.23. The SMILES string of the molecule is CN1CCCC2C1CCc1cnnn12. The lowest BCUT2D eigenvalue weighted by molar-refractivity contribution is 0.0940. The molecule has 3 rings (SSSR count). The third kappa shape index (κ3) is 1.10. The topological polar surface area (TPSA) is 34.0 Å². The van der Waals surface area contributed by atoms with Gasteiger partial charge >= 0.3 is 0 Å². The molecule has 3 heterocycles. The van der Waals surface area contributed by atoms with Crippen LogP contribution >= 0.6 is 0 Å². The molecular formula is C10H16N4. The Kier molecular flexibility index (Phi) is 1.83. The maximum Gasteiger partial charge on any atom is 0.0725 e. The van der Waals surface area contributed by atoms with E-state index in [-0.39, 0.29) is 0 Å². The number of aryl methyl sites for hydroxylation is 1. The zero-order chi connectivity index (χ0) is 9.54. The van der Waals surface area contributed by atoms with Gasteiger partial charge in [-0.15, -0.1) is 5.10 Å². The van der Waals surface area contributed by atoms with Crippen LogP contribution in [-0.4, -0.2) is 39.5 Å². The first-order valence-corrected chi connectivity index (χ1v) is 5.45. The second kappa shape index (κ2) is 3.05. The molecule has 0 saturated carbocycles. The molecule has 2 aliphatic heterocycles. The van der Waals surface area contributed by atoms with Gasteiger partial charge in [0.25, 0.3) is 0 Å². The second-order valence-corrected chi connectivity index (χ2v) is 4.47. The fraction of sp³-hybridized carbons (Fsp3) is 0.800. The van der Waals surface area contributed by atoms with Crippen molar-refractivity contribution in [3.63, 3.8) is 0 Å². The second-order valence-electron chi connectivity index (χ2n) is 4.47. The number of hydrogen-bond donors (Lipinski definition) is 0. The number of aromatic nitrogens is 3. The Labute approximate surface area is 83.9 Å². The molecule has 0 bridgehead atoms. The van der Waals surface area contributed by atoms with Crippen LogP contribution in [0, 0.1) is 0 Å². The van der Waals surface area contributed by atoms with Gasteiger partial charge in [0.2, 0.25) is 0 Å². The fourth-order valence-corrected chi connectivity index (χ4v) is 2.92. The number of piperidine rings is 1. The molecule has 1 fully saturated rings. The Bertz CT molecular complexity index is 333. The summed E-state index contributed by atoms with van der Waals surface area (Å²) in [5.41, 5.74) is 1.32. The van der Waals surface area contributed by atoms with Crippen molar-refractivity contribution in [2.45, 2.75) is 37.8 Å². The van der Waals surface area contributed by atoms with Gasteiger partial charge in [-0.05, 0) is 39.3 Å². The van der Waals surface area contributed by atoms with Gasteiger partial charge in [0.1, 0.15) is 0 Å². The highest BCUT2D eigenvalue weighted by Crippen LogP contribution is 2.33. The molecule has 2 atom stereocenters. The molecule has 1 aromatic heterocycles. The maximum atomic E-state index is 4.22. The van der Waals surface area contributed by atoms with Crippen LogP contribution in [0.3, 0.4) is 0 Å². The van der Waals surface area contributed by atoms with Crippen LogP contribution in [0.4, 0.5) is 0 Å². The molecule has 1 aromatic rings. The first kappa shape index (κ1) is 8.41. The van der Waals surface area contributed by atoms with Crippen LogP contribution in [0.1, 0.15) is 31.0 Å². The number of likely N-dealkylation sites (tertiary alicyclic amines) is 1. The third-order valence-electron chi connectivity index (χ3n) is 3.68. The van der Waals surface area contributed by atoms with Gasteiger partial charge in [-0.2, -0.15) is 0 Å². The average Bonchev–Trinajstić information content (AvgIpc) is 2.66. The molecule has 76 valence electrons. The molecular weight excluding hydrogens is 176 g/mol. The maximum absolute atomic E-state index is 4.22. The monoisotopic (exact) mass is 192 g/mol. The highest BCUT2D eigenvalue weighted by molar-refractivity contribution is 5.04. The Hall–Kier alpha value is -0.900. The standard InChI is InChI=1S/C10H16N4/c1-13-6-2-3-10-9(13)5-4-8-7-11-12-14(8)10/h7,9-10H,2-6H2,1H3. The van der Waals surface area contributed by atoms with E-state index in [2.05, 4.69) is 26.9 Å². The molecule has 14 heavy (non-hydrogen) atoms. The van der Waals surface area contributed by atoms with Gasteiger partial charge in [-0.1, -0.05) is 5.21 Å². The summed E-state index contributed by atoms with van der Waals surface area (Å²) < 4.78 is 2.16. The van der Waals surface area contributed by atoms with Gasteiger partial charge in [-0.25, -0.2) is 4.68 Å². The van der Waals surface area contributed by atoms with Crippen LogP contribution in [0.2, 0.25) is 0 Å². The summed E-state index contributed by atoms with van der Waals surface area (Å²) in [6.07, 6.45) is 6.89. The Balaban J connectivity index is 1.96. The van der Waals surface area contributed by atoms with E-state index in [0.29, 0.717) is 12.1 Å². The predicted octanol–water partition coefficient (Wildman–Crippen LogP) is 0.860. The zero-order valence-electron chi connectivity index (χ0n) is 8.56. The first-order chi connectivity index (χ1) is 6.86. The van der Waals surface area contributed by atoms with E-state index < -0.39 is 0 Å². The number of likely N-dealkylation sites (N-methyl/N-ethyl adjacent to an activating group) is 1. The van der Waals surface area contributed by atoms with E-state index in [1.807, 2.05) is 6.20 Å². The van der Waals surface area contributed by atoms with Gasteiger partial charge < -0.3 is 4.90 Å². The van der Waals surface area contributed by atoms with E-state index >= 15 is 0 Å². The van der Waals surface area contributed by atoms with E-state index in [1.165, 1.54) is 31.5 Å². The van der Waals surface area contributed by atoms with Crippen molar-refractivity contribution in [3.8, 4) is 0 Å². The number of fused-ring (bicyclic) bond motifs is 3. The largest absolute Gasteiger partial charge is 0.301 e. The minimum atomic E-state index is 0.583. The zero-order valence-corrected chi connectivity index (χ0v) is 8.56. The molecule has 4 heteroatoms. The van der Waals surface area contributed by atoms with Gasteiger partial charge in [0.15, 0.2) is 0 Å². The van der Waals surface area contributed by atoms with Crippen molar-refractivity contribution in [1.82, 2.24) is 19.9 Å². The normalized spacial score (nSPS) is 32.4. The molecule has 4 nitrogen and oxygen atoms in total. The van der Waals surface area contributed by atoms with Crippen molar-refractivity contribution < 1.29 is 0 Å². The van der Waals surface area contributed by atoms with Gasteiger partial charge in [0, 0.05) is 6.04 Å². The van der Waals surface area contributed by atoms with Crippen molar-refractivity contribution in [1.29, 1.82) is 0 Å². The molecule has 0 aromatic carbocycles. The fourth-order valence-electron chi connectivity index (χ4n) is 2.92. The Morgan fingerprint density at radius 1 is 1.36 bits per heavy atom. The summed E-state index contributed by atoms with van der Waals surface area (Å²) in [7, 11) is 2.23. The minimum Gasteiger partial charge on any atom is -0.301 e. The minimum absolute atomic E-state index is 0.583. The molecule has 0 amide bonds. The highest BCUT2D eigenvalue weighted by Gasteiger charge is 2.35. The summed E-state index contributed by atoms with van der Waals surface area (Å²) in [6.45, 7) is 1.24. The average molecular weight is 192 g/mol. The molecule has 0 radical (unpaired) electrons. The van der Waals surface area contributed by atoms with Crippen LogP contribution in [-0.2, 0) is 6.42 Å². The third-order valence-corrected chi connectivity index (χ3v) is 3.68. The predicted molar refractivity (Wildman–Crippen MR) is 53.0 cm³/mol. The number of hydrogen-bond acceptors (Lipinski definition) is 3. The van der Waals surface area contributed by atoms with E-state index in [9.17, 15) is 0 Å². The van der Waals surface area contributed by atoms with Crippen LogP contribution in [0.25, 0.3) is 0 Å². The highest BCUT2D eigenvalue weighted by atomic mass is 15.5. The lowest BCUT2D eigenvalue weighted by Crippen LogP contribution is -2.46. The number of rotatable bonds is 0. The van der Waals surface area contributed by atoms with Crippen molar-refractivity contribution >= 4 is 0 Å². The molecule has 2 unspecified atom stereocenters. The lowest BCUT2D eigenvalue weighted by atomic mass is 9.89. The van der Waals surface area contributed by atoms with Crippen molar-refractivity contribution in [3.05, 3.63) is 11.9 Å². The lowest BCUT2D eigenvalue weighted by Gasteiger charge is -2.42. The quantitative estimate of drug-likeness (QED) is 0.611. The smallest absolute Gasteiger partial charge is 0.0725 e. The van der Waals surface area contributed by atoms with Gasteiger partial charge in [-0.3, -0.25) is 0 Å². The molecule has 0 N–H and O–H groups in total. The van der Waals surface area contributed by atoms with Gasteiger partial charge in [0.05, 0.1) is 17.9 Å². The van der Waals surface area contributed by atoms with Crippen LogP contribution in [0.5, 0.6) is 0 Å². The van der Waals surface area contributed by atoms with Crippen molar-refractivity contribution in [2.24, 2.45) is 0 Å². The van der Waals surface area contributed by atoms with Crippen LogP contribution in [0.15, 0.2) is 6.20 Å². The Morgan fingerprint density at radius 3 is 3.21 bits per heavy atom. The summed E-state index contributed by atoms with van der Waals surface area (Å²) in [5.74, 6) is 0. The molecule has 0 spiro atoms. The molecule has 1 saturated heterocycles. The Morgan fingerprint density at radius 2 is 2.29 bits per heavy atom. The van der Waals surface area contributed by atoms with E-state index in [0.717, 1.165) is 6.42 Å². The van der Waals surface area contributed by atoms with Crippen molar-refractivity contribution in [2.75, 3.05) is 13.6 Å². The molecule has 2 aliphatic rings. The van der Waals surface area contributed by atoms with Crippen LogP contribution < -0.4 is 0 Å². The summed E-state index contributed by atoms with van der Waals surface area (Å²) in [6, 6.07) is 1.28.